The number of aryl methyl sites for hydroxylation is 2. The van der Waals surface area contributed by atoms with Crippen molar-refractivity contribution in [3.63, 3.8) is 0 Å². The first-order valence-electron chi connectivity index (χ1n) is 9.05. The molecule has 2 N–H and O–H groups in total. The van der Waals surface area contributed by atoms with Crippen LogP contribution in [0.2, 0.25) is 0 Å². The van der Waals surface area contributed by atoms with Crippen molar-refractivity contribution in [2.75, 3.05) is 18.5 Å². The highest BCUT2D eigenvalue weighted by atomic mass is 16.1. The Labute approximate surface area is 147 Å². The zero-order valence-corrected chi connectivity index (χ0v) is 14.9. The summed E-state index contributed by atoms with van der Waals surface area (Å²) in [4.78, 5) is 23.2. The molecule has 0 radical (unpaired) electrons. The van der Waals surface area contributed by atoms with Gasteiger partial charge in [-0.15, -0.1) is 0 Å². The van der Waals surface area contributed by atoms with Crippen LogP contribution >= 0.6 is 0 Å². The Hall–Kier alpha value is -2.44. The van der Waals surface area contributed by atoms with Gasteiger partial charge in [0.1, 0.15) is 17.3 Å². The minimum atomic E-state index is -0.102. The van der Waals surface area contributed by atoms with Gasteiger partial charge in [-0.2, -0.15) is 5.10 Å². The van der Waals surface area contributed by atoms with Gasteiger partial charge in [0.2, 0.25) is 0 Å². The van der Waals surface area contributed by atoms with Crippen molar-refractivity contribution in [3.8, 4) is 0 Å². The molecular weight excluding hydrogens is 316 g/mol. The molecule has 0 unspecified atom stereocenters. The first-order valence-corrected chi connectivity index (χ1v) is 9.05. The maximum absolute atomic E-state index is 12.1. The van der Waals surface area contributed by atoms with E-state index < -0.39 is 0 Å². The quantitative estimate of drug-likeness (QED) is 0.831. The van der Waals surface area contributed by atoms with Crippen LogP contribution in [-0.2, 0) is 25.8 Å². The van der Waals surface area contributed by atoms with E-state index in [1.165, 1.54) is 30.5 Å². The van der Waals surface area contributed by atoms with Crippen LogP contribution in [0.4, 0.5) is 5.82 Å². The average molecular weight is 340 g/mol. The highest BCUT2D eigenvalue weighted by Gasteiger charge is 2.25. The van der Waals surface area contributed by atoms with Crippen LogP contribution in [0.3, 0.4) is 0 Å². The Kier molecular flexibility index (Phi) is 4.15. The molecule has 7 heteroatoms. The molecule has 2 aromatic rings. The number of hydrogen-bond acceptors (Lipinski definition) is 5. The van der Waals surface area contributed by atoms with Gasteiger partial charge in [0.15, 0.2) is 0 Å². The number of carbonyl (C=O) groups is 1. The Balaban J connectivity index is 1.65. The van der Waals surface area contributed by atoms with Gasteiger partial charge in [-0.1, -0.05) is 6.42 Å². The van der Waals surface area contributed by atoms with Gasteiger partial charge in [-0.25, -0.2) is 9.97 Å². The molecule has 1 amide bonds. The van der Waals surface area contributed by atoms with Gasteiger partial charge in [0.25, 0.3) is 5.91 Å². The summed E-state index contributed by atoms with van der Waals surface area (Å²) in [5.74, 6) is 1.37. The Morgan fingerprint density at radius 1 is 1.08 bits per heavy atom. The van der Waals surface area contributed by atoms with Crippen LogP contribution in [0.1, 0.15) is 58.1 Å². The second-order valence-electron chi connectivity index (χ2n) is 6.97. The van der Waals surface area contributed by atoms with Crippen molar-refractivity contribution in [3.05, 3.63) is 34.0 Å². The molecule has 25 heavy (non-hydrogen) atoms. The van der Waals surface area contributed by atoms with Crippen molar-refractivity contribution in [2.24, 2.45) is 0 Å². The number of aromatic amines is 1. The van der Waals surface area contributed by atoms with Crippen LogP contribution in [0.15, 0.2) is 0 Å². The second-order valence-corrected chi connectivity index (χ2v) is 6.97. The smallest absolute Gasteiger partial charge is 0.270 e. The standard InChI is InChI=1S/C18H24N6O/c1-11-20-16-13(8-9-19-18(16)25)17(21-11)24(2)10-15-12-6-4-3-5-7-14(12)22-23-15/h3-10H2,1-2H3,(H,19,25)(H,22,23). The van der Waals surface area contributed by atoms with E-state index in [0.717, 1.165) is 36.3 Å². The molecule has 0 fully saturated rings. The number of nitrogens with zero attached hydrogens (tertiary/aromatic N) is 4. The third-order valence-electron chi connectivity index (χ3n) is 5.11. The monoisotopic (exact) mass is 340 g/mol. The minimum absolute atomic E-state index is 0.102. The van der Waals surface area contributed by atoms with Gasteiger partial charge < -0.3 is 10.2 Å². The fourth-order valence-electron chi connectivity index (χ4n) is 3.86. The van der Waals surface area contributed by atoms with Crippen LogP contribution < -0.4 is 10.2 Å². The number of hydrogen-bond donors (Lipinski definition) is 2. The number of carbonyl (C=O) groups excluding carboxylic acids is 1. The predicted molar refractivity (Wildman–Crippen MR) is 94.8 cm³/mol. The third-order valence-corrected chi connectivity index (χ3v) is 5.11. The van der Waals surface area contributed by atoms with E-state index in [1.54, 1.807) is 0 Å². The number of amides is 1. The van der Waals surface area contributed by atoms with Crippen molar-refractivity contribution in [2.45, 2.75) is 52.0 Å². The summed E-state index contributed by atoms with van der Waals surface area (Å²) < 4.78 is 0. The fraction of sp³-hybridized carbons (Fsp3) is 0.556. The normalized spacial score (nSPS) is 16.6. The summed E-state index contributed by atoms with van der Waals surface area (Å²) in [6, 6.07) is 0. The van der Waals surface area contributed by atoms with Crippen LogP contribution in [0, 0.1) is 6.92 Å². The van der Waals surface area contributed by atoms with E-state index in [-0.39, 0.29) is 5.91 Å². The van der Waals surface area contributed by atoms with Crippen LogP contribution in [0.5, 0.6) is 0 Å². The predicted octanol–water partition coefficient (Wildman–Crippen LogP) is 1.70. The summed E-state index contributed by atoms with van der Waals surface area (Å²) in [6.07, 6.45) is 6.70. The number of aromatic nitrogens is 4. The van der Waals surface area contributed by atoms with E-state index in [2.05, 4.69) is 30.4 Å². The van der Waals surface area contributed by atoms with Gasteiger partial charge in [0.05, 0.1) is 12.2 Å². The largest absolute Gasteiger partial charge is 0.353 e. The lowest BCUT2D eigenvalue weighted by molar-refractivity contribution is 0.0940. The van der Waals surface area contributed by atoms with Crippen molar-refractivity contribution in [1.29, 1.82) is 0 Å². The number of H-pyrrole nitrogens is 1. The summed E-state index contributed by atoms with van der Waals surface area (Å²) in [6.45, 7) is 3.16. The van der Waals surface area contributed by atoms with Crippen molar-refractivity contribution < 1.29 is 4.79 Å². The van der Waals surface area contributed by atoms with E-state index in [9.17, 15) is 4.79 Å². The first kappa shape index (κ1) is 16.1. The van der Waals surface area contributed by atoms with E-state index in [0.29, 0.717) is 24.6 Å². The van der Waals surface area contributed by atoms with Crippen LogP contribution in [0.25, 0.3) is 0 Å². The number of nitrogens with one attached hydrogen (secondary N) is 2. The maximum Gasteiger partial charge on any atom is 0.270 e. The maximum atomic E-state index is 12.1. The second kappa shape index (κ2) is 6.46. The lowest BCUT2D eigenvalue weighted by Crippen LogP contribution is -2.35. The zero-order valence-electron chi connectivity index (χ0n) is 14.9. The first-order chi connectivity index (χ1) is 12.1. The third kappa shape index (κ3) is 2.99. The molecule has 4 rings (SSSR count). The average Bonchev–Trinajstić information content (AvgIpc) is 2.82. The van der Waals surface area contributed by atoms with E-state index in [4.69, 9.17) is 0 Å². The topological polar surface area (TPSA) is 86.8 Å². The van der Waals surface area contributed by atoms with E-state index in [1.807, 2.05) is 14.0 Å². The van der Waals surface area contributed by atoms with Gasteiger partial charge in [0, 0.05) is 24.8 Å². The molecule has 7 nitrogen and oxygen atoms in total. The molecule has 0 spiro atoms. The highest BCUT2D eigenvalue weighted by Crippen LogP contribution is 2.27. The molecule has 3 heterocycles. The molecule has 132 valence electrons. The number of anilines is 1. The molecule has 1 aliphatic carbocycles. The molecular formula is C18H24N6O. The highest BCUT2D eigenvalue weighted by molar-refractivity contribution is 5.96. The van der Waals surface area contributed by atoms with Gasteiger partial charge in [-0.3, -0.25) is 9.89 Å². The molecule has 2 aliphatic rings. The number of rotatable bonds is 3. The van der Waals surface area contributed by atoms with Crippen LogP contribution in [-0.4, -0.2) is 39.7 Å². The summed E-state index contributed by atoms with van der Waals surface area (Å²) in [5.41, 5.74) is 5.23. The molecule has 0 bridgehead atoms. The van der Waals surface area contributed by atoms with Crippen molar-refractivity contribution >= 4 is 11.7 Å². The minimum Gasteiger partial charge on any atom is -0.353 e. The summed E-state index contributed by atoms with van der Waals surface area (Å²) in [7, 11) is 2.02. The van der Waals surface area contributed by atoms with Gasteiger partial charge >= 0.3 is 0 Å². The number of fused-ring (bicyclic) bond motifs is 2. The fourth-order valence-corrected chi connectivity index (χ4v) is 3.86. The molecule has 0 saturated carbocycles. The SMILES string of the molecule is Cc1nc2c(c(N(C)Cc3n[nH]c4c3CCCCC4)n1)CCNC2=O. The Morgan fingerprint density at radius 2 is 1.92 bits per heavy atom. The molecule has 0 aromatic carbocycles. The zero-order chi connectivity index (χ0) is 17.4. The molecule has 0 atom stereocenters. The lowest BCUT2D eigenvalue weighted by Gasteiger charge is -2.25. The lowest BCUT2D eigenvalue weighted by atomic mass is 10.0. The van der Waals surface area contributed by atoms with Gasteiger partial charge in [-0.05, 0) is 44.6 Å². The molecule has 1 aliphatic heterocycles. The van der Waals surface area contributed by atoms with E-state index >= 15 is 0 Å². The Bertz CT molecular complexity index is 812. The summed E-state index contributed by atoms with van der Waals surface area (Å²) >= 11 is 0. The Morgan fingerprint density at radius 3 is 2.80 bits per heavy atom. The molecule has 0 saturated heterocycles. The molecule has 2 aromatic heterocycles. The van der Waals surface area contributed by atoms with Crippen molar-refractivity contribution in [1.82, 2.24) is 25.5 Å². The summed E-state index contributed by atoms with van der Waals surface area (Å²) in [5, 5.41) is 10.7.